The third-order valence-electron chi connectivity index (χ3n) is 4.48. The van der Waals surface area contributed by atoms with Crippen LogP contribution in [0.15, 0.2) is 48.8 Å². The minimum atomic E-state index is -0.301. The maximum atomic E-state index is 12.0. The summed E-state index contributed by atoms with van der Waals surface area (Å²) in [5.41, 5.74) is 2.34. The van der Waals surface area contributed by atoms with Crippen LogP contribution in [0, 0.1) is 6.92 Å². The van der Waals surface area contributed by atoms with E-state index in [4.69, 9.17) is 9.47 Å². The molecule has 0 radical (unpaired) electrons. The van der Waals surface area contributed by atoms with Crippen molar-refractivity contribution in [1.82, 2.24) is 19.9 Å². The first-order valence-corrected chi connectivity index (χ1v) is 9.91. The predicted octanol–water partition coefficient (Wildman–Crippen LogP) is 2.17. The summed E-state index contributed by atoms with van der Waals surface area (Å²) >= 11 is 0. The third-order valence-corrected chi connectivity index (χ3v) is 4.48. The van der Waals surface area contributed by atoms with Crippen LogP contribution >= 0.6 is 0 Å². The number of nitrogens with one attached hydrogen (secondary N) is 2. The number of rotatable bonds is 7. The number of benzene rings is 1. The Morgan fingerprint density at radius 1 is 1.10 bits per heavy atom. The van der Waals surface area contributed by atoms with Crippen LogP contribution in [0.2, 0.25) is 0 Å². The lowest BCUT2D eigenvalue weighted by atomic mass is 10.3. The van der Waals surface area contributed by atoms with E-state index in [-0.39, 0.29) is 18.5 Å². The Bertz CT molecular complexity index is 1010. The van der Waals surface area contributed by atoms with E-state index < -0.39 is 0 Å². The Kier molecular flexibility index (Phi) is 6.48. The molecule has 3 aromatic rings. The number of hydrogen-bond acceptors (Lipinski definition) is 9. The zero-order valence-corrected chi connectivity index (χ0v) is 17.1. The fourth-order valence-corrected chi connectivity index (χ4v) is 3.02. The van der Waals surface area contributed by atoms with Crippen molar-refractivity contribution in [3.63, 3.8) is 0 Å². The van der Waals surface area contributed by atoms with Crippen molar-refractivity contribution in [2.24, 2.45) is 0 Å². The first-order valence-electron chi connectivity index (χ1n) is 9.91. The molecule has 2 N–H and O–H groups in total. The van der Waals surface area contributed by atoms with Crippen LogP contribution in [0.1, 0.15) is 5.69 Å². The normalized spacial score (nSPS) is 13.5. The molecule has 2 aromatic heterocycles. The SMILES string of the molecule is Cc1cc(N2CCOCC2)nc(Nc2ccc(NC(=O)COc3ncccn3)cc2)n1. The van der Waals surface area contributed by atoms with Gasteiger partial charge < -0.3 is 25.0 Å². The molecule has 0 spiro atoms. The molecule has 1 fully saturated rings. The van der Waals surface area contributed by atoms with Gasteiger partial charge in [0.05, 0.1) is 13.2 Å². The van der Waals surface area contributed by atoms with Crippen molar-refractivity contribution in [3.05, 3.63) is 54.5 Å². The van der Waals surface area contributed by atoms with Gasteiger partial charge in [-0.15, -0.1) is 0 Å². The van der Waals surface area contributed by atoms with E-state index in [0.29, 0.717) is 24.8 Å². The number of amides is 1. The molecule has 10 nitrogen and oxygen atoms in total. The Hall–Kier alpha value is -3.79. The second-order valence-corrected chi connectivity index (χ2v) is 6.86. The number of anilines is 4. The Labute approximate surface area is 179 Å². The number of ether oxygens (including phenoxy) is 2. The van der Waals surface area contributed by atoms with Crippen LogP contribution in [-0.2, 0) is 9.53 Å². The molecule has 1 saturated heterocycles. The molecule has 10 heteroatoms. The Morgan fingerprint density at radius 3 is 2.55 bits per heavy atom. The predicted molar refractivity (Wildman–Crippen MR) is 116 cm³/mol. The molecular formula is C21H23N7O3. The lowest BCUT2D eigenvalue weighted by Gasteiger charge is -2.28. The topological polar surface area (TPSA) is 114 Å². The zero-order chi connectivity index (χ0) is 21.5. The summed E-state index contributed by atoms with van der Waals surface area (Å²) in [5, 5.41) is 5.98. The van der Waals surface area contributed by atoms with Gasteiger partial charge in [0.25, 0.3) is 5.91 Å². The molecule has 31 heavy (non-hydrogen) atoms. The molecule has 0 bridgehead atoms. The van der Waals surface area contributed by atoms with Crippen LogP contribution in [0.3, 0.4) is 0 Å². The number of carbonyl (C=O) groups excluding carboxylic acids is 1. The van der Waals surface area contributed by atoms with Gasteiger partial charge in [-0.2, -0.15) is 4.98 Å². The molecule has 0 saturated carbocycles. The minimum absolute atomic E-state index is 0.159. The number of nitrogens with zero attached hydrogens (tertiary/aromatic N) is 5. The van der Waals surface area contributed by atoms with E-state index in [0.717, 1.165) is 30.3 Å². The van der Waals surface area contributed by atoms with Crippen LogP contribution in [-0.4, -0.2) is 58.8 Å². The molecule has 1 aliphatic heterocycles. The van der Waals surface area contributed by atoms with E-state index in [1.807, 2.05) is 25.1 Å². The summed E-state index contributed by atoms with van der Waals surface area (Å²) < 4.78 is 10.6. The summed E-state index contributed by atoms with van der Waals surface area (Å²) in [5.74, 6) is 1.10. The molecule has 1 aliphatic rings. The largest absolute Gasteiger partial charge is 0.453 e. The van der Waals surface area contributed by atoms with Gasteiger partial charge in [-0.25, -0.2) is 15.0 Å². The van der Waals surface area contributed by atoms with Crippen molar-refractivity contribution >= 4 is 29.0 Å². The number of aromatic nitrogens is 4. The van der Waals surface area contributed by atoms with Crippen LogP contribution in [0.4, 0.5) is 23.1 Å². The average molecular weight is 421 g/mol. The second-order valence-electron chi connectivity index (χ2n) is 6.86. The zero-order valence-electron chi connectivity index (χ0n) is 17.1. The first-order chi connectivity index (χ1) is 15.2. The highest BCUT2D eigenvalue weighted by atomic mass is 16.5. The van der Waals surface area contributed by atoms with Gasteiger partial charge in [-0.05, 0) is 37.3 Å². The van der Waals surface area contributed by atoms with Crippen molar-refractivity contribution < 1.29 is 14.3 Å². The smallest absolute Gasteiger partial charge is 0.316 e. The highest BCUT2D eigenvalue weighted by molar-refractivity contribution is 5.92. The number of hydrogen-bond donors (Lipinski definition) is 2. The molecule has 0 atom stereocenters. The molecule has 0 aliphatic carbocycles. The number of morpholine rings is 1. The molecule has 4 rings (SSSR count). The highest BCUT2D eigenvalue weighted by Crippen LogP contribution is 2.20. The fourth-order valence-electron chi connectivity index (χ4n) is 3.02. The summed E-state index contributed by atoms with van der Waals surface area (Å²) in [6, 6.07) is 11.1. The van der Waals surface area contributed by atoms with Crippen molar-refractivity contribution in [2.45, 2.75) is 6.92 Å². The van der Waals surface area contributed by atoms with E-state index >= 15 is 0 Å². The molecule has 160 valence electrons. The van der Waals surface area contributed by atoms with Crippen molar-refractivity contribution in [2.75, 3.05) is 48.4 Å². The van der Waals surface area contributed by atoms with E-state index in [1.165, 1.54) is 0 Å². The summed E-state index contributed by atoms with van der Waals surface area (Å²) in [6.45, 7) is 4.78. The van der Waals surface area contributed by atoms with Gasteiger partial charge in [-0.3, -0.25) is 4.79 Å². The van der Waals surface area contributed by atoms with Crippen LogP contribution in [0.5, 0.6) is 6.01 Å². The minimum Gasteiger partial charge on any atom is -0.453 e. The van der Waals surface area contributed by atoms with Crippen LogP contribution < -0.4 is 20.3 Å². The molecule has 1 aromatic carbocycles. The Morgan fingerprint density at radius 2 is 1.81 bits per heavy atom. The van der Waals surface area contributed by atoms with Gasteiger partial charge >= 0.3 is 6.01 Å². The molecule has 1 amide bonds. The lowest BCUT2D eigenvalue weighted by molar-refractivity contribution is -0.118. The standard InChI is InChI=1S/C21H23N7O3/c1-15-13-18(28-9-11-30-12-10-28)27-20(24-15)26-17-5-3-16(4-6-17)25-19(29)14-31-21-22-7-2-8-23-21/h2-8,13H,9-12,14H2,1H3,(H,25,29)(H,24,26,27). The van der Waals surface area contributed by atoms with Gasteiger partial charge in [0.2, 0.25) is 5.95 Å². The molecule has 3 heterocycles. The van der Waals surface area contributed by atoms with Crippen LogP contribution in [0.25, 0.3) is 0 Å². The van der Waals surface area contributed by atoms with Crippen molar-refractivity contribution in [3.8, 4) is 6.01 Å². The molecule has 0 unspecified atom stereocenters. The van der Waals surface area contributed by atoms with Gasteiger partial charge in [-0.1, -0.05) is 0 Å². The summed E-state index contributed by atoms with van der Waals surface area (Å²) in [4.78, 5) is 31.1. The third kappa shape index (κ3) is 5.86. The second kappa shape index (κ2) is 9.81. The highest BCUT2D eigenvalue weighted by Gasteiger charge is 2.14. The van der Waals surface area contributed by atoms with Gasteiger partial charge in [0.15, 0.2) is 6.61 Å². The number of carbonyl (C=O) groups is 1. The summed E-state index contributed by atoms with van der Waals surface area (Å²) in [6.07, 6.45) is 3.10. The fraction of sp³-hybridized carbons (Fsp3) is 0.286. The maximum absolute atomic E-state index is 12.0. The average Bonchev–Trinajstić information content (AvgIpc) is 2.80. The van der Waals surface area contributed by atoms with Gasteiger partial charge in [0, 0.05) is 48.6 Å². The van der Waals surface area contributed by atoms with E-state index in [2.05, 4.69) is 35.5 Å². The first kappa shape index (κ1) is 20.5. The lowest BCUT2D eigenvalue weighted by Crippen LogP contribution is -2.36. The van der Waals surface area contributed by atoms with Crippen molar-refractivity contribution in [1.29, 1.82) is 0 Å². The van der Waals surface area contributed by atoms with Gasteiger partial charge in [0.1, 0.15) is 5.82 Å². The molecular weight excluding hydrogens is 398 g/mol. The number of aryl methyl sites for hydroxylation is 1. The quantitative estimate of drug-likeness (QED) is 0.592. The Balaban J connectivity index is 1.34. The maximum Gasteiger partial charge on any atom is 0.316 e. The summed E-state index contributed by atoms with van der Waals surface area (Å²) in [7, 11) is 0. The monoisotopic (exact) mass is 421 g/mol. The van der Waals surface area contributed by atoms with E-state index in [9.17, 15) is 4.79 Å². The van der Waals surface area contributed by atoms with E-state index in [1.54, 1.807) is 30.6 Å².